The summed E-state index contributed by atoms with van der Waals surface area (Å²) in [6, 6.07) is 0. The summed E-state index contributed by atoms with van der Waals surface area (Å²) < 4.78 is 0. The van der Waals surface area contributed by atoms with Gasteiger partial charge in [0.1, 0.15) is 5.84 Å². The van der Waals surface area contributed by atoms with Crippen molar-refractivity contribution in [3.8, 4) is 0 Å². The van der Waals surface area contributed by atoms with Crippen LogP contribution in [-0.2, 0) is 0 Å². The van der Waals surface area contributed by atoms with E-state index >= 15 is 0 Å². The van der Waals surface area contributed by atoms with Gasteiger partial charge >= 0.3 is 0 Å². The highest BCUT2D eigenvalue weighted by Gasteiger charge is 2.08. The fraction of sp³-hybridized carbons (Fsp3) is 0.909. The summed E-state index contributed by atoms with van der Waals surface area (Å²) in [5.41, 5.74) is 5.47. The molecule has 3 N–H and O–H groups in total. The Balaban J connectivity index is 3.99. The first-order chi connectivity index (χ1) is 7.45. The highest BCUT2D eigenvalue weighted by atomic mass is 16.4. The number of nitrogens with zero attached hydrogens (tertiary/aromatic N) is 3. The molecule has 0 amide bonds. The Labute approximate surface area is 98.9 Å². The molecule has 0 bridgehead atoms. The van der Waals surface area contributed by atoms with Gasteiger partial charge in [-0.05, 0) is 20.0 Å². The van der Waals surface area contributed by atoms with E-state index in [1.54, 1.807) is 0 Å². The number of hydrogen-bond acceptors (Lipinski definition) is 4. The van der Waals surface area contributed by atoms with E-state index in [-0.39, 0.29) is 0 Å². The quantitative estimate of drug-likeness (QED) is 0.278. The molecule has 0 fully saturated rings. The Bertz CT molecular complexity index is 204. The van der Waals surface area contributed by atoms with E-state index in [1.807, 2.05) is 0 Å². The normalized spacial score (nSPS) is 13.1. The van der Waals surface area contributed by atoms with Gasteiger partial charge in [-0.3, -0.25) is 0 Å². The second kappa shape index (κ2) is 8.35. The molecule has 0 radical (unpaired) electrons. The number of nitrogens with two attached hydrogens (primary N) is 1. The Kier molecular flexibility index (Phi) is 7.93. The summed E-state index contributed by atoms with van der Waals surface area (Å²) in [4.78, 5) is 4.51. The molecule has 0 atom stereocenters. The summed E-state index contributed by atoms with van der Waals surface area (Å²) in [6.45, 7) is 8.35. The molecule has 0 heterocycles. The molecule has 5 heteroatoms. The van der Waals surface area contributed by atoms with Crippen LogP contribution in [0, 0.1) is 5.92 Å². The first-order valence-corrected chi connectivity index (χ1v) is 5.79. The molecule has 0 unspecified atom stereocenters. The minimum absolute atomic E-state index is 0.304. The van der Waals surface area contributed by atoms with Crippen LogP contribution in [0.25, 0.3) is 0 Å². The van der Waals surface area contributed by atoms with E-state index in [2.05, 4.69) is 42.9 Å². The van der Waals surface area contributed by atoms with E-state index in [9.17, 15) is 0 Å². The first kappa shape index (κ1) is 15.2. The maximum Gasteiger partial charge on any atom is 0.140 e. The predicted octanol–water partition coefficient (Wildman–Crippen LogP) is 0.643. The highest BCUT2D eigenvalue weighted by molar-refractivity contribution is 5.79. The molecule has 0 aromatic heterocycles. The van der Waals surface area contributed by atoms with Crippen molar-refractivity contribution in [3.05, 3.63) is 0 Å². The molecule has 0 aromatic carbocycles. The van der Waals surface area contributed by atoms with Crippen LogP contribution >= 0.6 is 0 Å². The van der Waals surface area contributed by atoms with Crippen molar-refractivity contribution in [1.82, 2.24) is 9.80 Å². The zero-order chi connectivity index (χ0) is 12.6. The molecule has 0 saturated heterocycles. The smallest absolute Gasteiger partial charge is 0.140 e. The zero-order valence-electron chi connectivity index (χ0n) is 11.0. The molecular weight excluding hydrogens is 204 g/mol. The molecule has 0 spiro atoms. The minimum atomic E-state index is 0.304. The SMILES string of the molecule is CC(C)CN(CCC(N)=NO)CCN(C)C. The predicted molar refractivity (Wildman–Crippen MR) is 67.9 cm³/mol. The molecule has 0 aliphatic rings. The molecule has 0 rings (SSSR count). The maximum atomic E-state index is 8.48. The Morgan fingerprint density at radius 2 is 1.88 bits per heavy atom. The second-order valence-corrected chi connectivity index (χ2v) is 4.84. The fourth-order valence-electron chi connectivity index (χ4n) is 1.47. The van der Waals surface area contributed by atoms with Crippen LogP contribution in [0.3, 0.4) is 0 Å². The average Bonchev–Trinajstić information content (AvgIpc) is 2.20. The van der Waals surface area contributed by atoms with Crippen LogP contribution in [0.15, 0.2) is 5.16 Å². The van der Waals surface area contributed by atoms with Crippen LogP contribution in [0.4, 0.5) is 0 Å². The van der Waals surface area contributed by atoms with Crippen LogP contribution in [0.2, 0.25) is 0 Å². The van der Waals surface area contributed by atoms with Crippen molar-refractivity contribution in [2.45, 2.75) is 20.3 Å². The summed E-state index contributed by atoms with van der Waals surface area (Å²) in [6.07, 6.45) is 0.622. The van der Waals surface area contributed by atoms with Crippen molar-refractivity contribution in [2.24, 2.45) is 16.8 Å². The van der Waals surface area contributed by atoms with Crippen molar-refractivity contribution in [2.75, 3.05) is 40.3 Å². The van der Waals surface area contributed by atoms with Gasteiger partial charge in [0.05, 0.1) is 0 Å². The van der Waals surface area contributed by atoms with Gasteiger partial charge in [-0.2, -0.15) is 0 Å². The molecule has 16 heavy (non-hydrogen) atoms. The van der Waals surface area contributed by atoms with Gasteiger partial charge in [-0.1, -0.05) is 19.0 Å². The van der Waals surface area contributed by atoms with Gasteiger partial charge in [0, 0.05) is 32.6 Å². The third-order valence-electron chi connectivity index (χ3n) is 2.30. The van der Waals surface area contributed by atoms with Gasteiger partial charge < -0.3 is 20.7 Å². The molecular formula is C11H26N4O. The monoisotopic (exact) mass is 230 g/mol. The summed E-state index contributed by atoms with van der Waals surface area (Å²) in [5, 5.41) is 11.5. The molecule has 0 aromatic rings. The van der Waals surface area contributed by atoms with Gasteiger partial charge in [-0.15, -0.1) is 0 Å². The third kappa shape index (κ3) is 8.49. The average molecular weight is 230 g/mol. The maximum absolute atomic E-state index is 8.48. The molecule has 0 aliphatic carbocycles. The third-order valence-corrected chi connectivity index (χ3v) is 2.30. The van der Waals surface area contributed by atoms with Gasteiger partial charge in [-0.25, -0.2) is 0 Å². The second-order valence-electron chi connectivity index (χ2n) is 4.84. The van der Waals surface area contributed by atoms with Gasteiger partial charge in [0.25, 0.3) is 0 Å². The van der Waals surface area contributed by atoms with E-state index in [4.69, 9.17) is 10.9 Å². The standard InChI is InChI=1S/C11H26N4O/c1-10(2)9-15(8-7-14(3)4)6-5-11(12)13-16/h10,16H,5-9H2,1-4H3,(H2,12,13). The molecule has 5 nitrogen and oxygen atoms in total. The lowest BCUT2D eigenvalue weighted by Gasteiger charge is -2.25. The van der Waals surface area contributed by atoms with Crippen molar-refractivity contribution >= 4 is 5.84 Å². The summed E-state index contributed by atoms with van der Waals surface area (Å²) in [7, 11) is 4.13. The lowest BCUT2D eigenvalue weighted by atomic mass is 10.2. The number of rotatable bonds is 8. The summed E-state index contributed by atoms with van der Waals surface area (Å²) >= 11 is 0. The fourth-order valence-corrected chi connectivity index (χ4v) is 1.47. The van der Waals surface area contributed by atoms with Gasteiger partial charge in [0.15, 0.2) is 0 Å². The number of amidine groups is 1. The number of hydrogen-bond donors (Lipinski definition) is 2. The van der Waals surface area contributed by atoms with Crippen molar-refractivity contribution in [3.63, 3.8) is 0 Å². The molecule has 96 valence electrons. The summed E-state index contributed by atoms with van der Waals surface area (Å²) in [5.74, 6) is 0.938. The largest absolute Gasteiger partial charge is 0.409 e. The zero-order valence-corrected chi connectivity index (χ0v) is 11.0. The molecule has 0 aliphatic heterocycles. The van der Waals surface area contributed by atoms with E-state index in [0.29, 0.717) is 18.2 Å². The number of likely N-dealkylation sites (N-methyl/N-ethyl adjacent to an activating group) is 1. The van der Waals surface area contributed by atoms with Gasteiger partial charge in [0.2, 0.25) is 0 Å². The number of oxime groups is 1. The topological polar surface area (TPSA) is 65.1 Å². The Morgan fingerprint density at radius 3 is 2.31 bits per heavy atom. The van der Waals surface area contributed by atoms with Crippen molar-refractivity contribution in [1.29, 1.82) is 0 Å². The van der Waals surface area contributed by atoms with Crippen molar-refractivity contribution < 1.29 is 5.21 Å². The van der Waals surface area contributed by atoms with Crippen LogP contribution in [0.5, 0.6) is 0 Å². The first-order valence-electron chi connectivity index (χ1n) is 5.79. The van der Waals surface area contributed by atoms with Crippen LogP contribution < -0.4 is 5.73 Å². The van der Waals surface area contributed by atoms with E-state index in [1.165, 1.54) is 0 Å². The van der Waals surface area contributed by atoms with Crippen LogP contribution in [0.1, 0.15) is 20.3 Å². The minimum Gasteiger partial charge on any atom is -0.409 e. The lowest BCUT2D eigenvalue weighted by molar-refractivity contribution is 0.223. The highest BCUT2D eigenvalue weighted by Crippen LogP contribution is 2.00. The van der Waals surface area contributed by atoms with E-state index < -0.39 is 0 Å². The Hall–Kier alpha value is -0.810. The van der Waals surface area contributed by atoms with Crippen LogP contribution in [-0.4, -0.2) is 61.1 Å². The lowest BCUT2D eigenvalue weighted by Crippen LogP contribution is -2.36. The molecule has 0 saturated carbocycles. The van der Waals surface area contributed by atoms with E-state index in [0.717, 1.165) is 26.2 Å². The Morgan fingerprint density at radius 1 is 1.25 bits per heavy atom.